The lowest BCUT2D eigenvalue weighted by Gasteiger charge is -2.27. The van der Waals surface area contributed by atoms with Gasteiger partial charge in [0, 0.05) is 48.2 Å². The molecule has 0 unspecified atom stereocenters. The number of carbonyl (C=O) groups is 1. The van der Waals surface area contributed by atoms with Gasteiger partial charge in [-0.3, -0.25) is 0 Å². The van der Waals surface area contributed by atoms with Gasteiger partial charge in [0.2, 0.25) is 0 Å². The molecule has 0 atom stereocenters. The Balaban J connectivity index is 1.84. The Morgan fingerprint density at radius 2 is 2.26 bits per heavy atom. The summed E-state index contributed by atoms with van der Waals surface area (Å²) in [5, 5.41) is 4.19. The summed E-state index contributed by atoms with van der Waals surface area (Å²) in [6.45, 7) is 4.30. The number of rotatable bonds is 2. The lowest BCUT2D eigenvalue weighted by atomic mass is 10.0. The number of urea groups is 1. The molecule has 0 saturated carbocycles. The van der Waals surface area contributed by atoms with Crippen LogP contribution in [0.2, 0.25) is 0 Å². The van der Waals surface area contributed by atoms with E-state index in [4.69, 9.17) is 0 Å². The molecule has 0 saturated heterocycles. The van der Waals surface area contributed by atoms with E-state index in [1.165, 1.54) is 22.2 Å². The van der Waals surface area contributed by atoms with Crippen molar-refractivity contribution >= 4 is 16.9 Å². The zero-order chi connectivity index (χ0) is 13.2. The molecule has 2 N–H and O–H groups in total. The van der Waals surface area contributed by atoms with Crippen LogP contribution < -0.4 is 5.32 Å². The van der Waals surface area contributed by atoms with Crippen LogP contribution >= 0.6 is 0 Å². The first-order chi connectivity index (χ1) is 9.29. The van der Waals surface area contributed by atoms with E-state index in [1.807, 2.05) is 17.0 Å². The molecule has 100 valence electrons. The minimum absolute atomic E-state index is 0.0535. The molecule has 0 spiro atoms. The minimum Gasteiger partial charge on any atom is -0.358 e. The van der Waals surface area contributed by atoms with E-state index in [0.29, 0.717) is 6.54 Å². The maximum atomic E-state index is 12.0. The number of carbonyl (C=O) groups excluding carboxylic acids is 1. The third-order valence-electron chi connectivity index (χ3n) is 3.70. The molecule has 0 aliphatic carbocycles. The fourth-order valence-electron chi connectivity index (χ4n) is 2.68. The fourth-order valence-corrected chi connectivity index (χ4v) is 2.68. The van der Waals surface area contributed by atoms with Crippen molar-refractivity contribution in [3.05, 3.63) is 35.5 Å². The lowest BCUT2D eigenvalue weighted by Crippen LogP contribution is -2.42. The second-order valence-electron chi connectivity index (χ2n) is 5.03. The van der Waals surface area contributed by atoms with E-state index >= 15 is 0 Å². The van der Waals surface area contributed by atoms with E-state index in [9.17, 15) is 4.79 Å². The summed E-state index contributed by atoms with van der Waals surface area (Å²) in [5.41, 5.74) is 3.72. The first kappa shape index (κ1) is 12.1. The van der Waals surface area contributed by atoms with Crippen molar-refractivity contribution < 1.29 is 4.79 Å². The molecule has 1 aromatic heterocycles. The van der Waals surface area contributed by atoms with Gasteiger partial charge in [-0.1, -0.05) is 25.1 Å². The summed E-state index contributed by atoms with van der Waals surface area (Å²) >= 11 is 0. The van der Waals surface area contributed by atoms with Gasteiger partial charge in [0.15, 0.2) is 0 Å². The molecule has 0 fully saturated rings. The number of fused-ring (bicyclic) bond motifs is 3. The molecule has 1 aromatic carbocycles. The van der Waals surface area contributed by atoms with Crippen molar-refractivity contribution in [1.29, 1.82) is 0 Å². The average molecular weight is 257 g/mol. The molecule has 0 radical (unpaired) electrons. The van der Waals surface area contributed by atoms with Crippen LogP contribution in [0.3, 0.4) is 0 Å². The Bertz CT molecular complexity index is 602. The molecule has 1 aliphatic heterocycles. The first-order valence-electron chi connectivity index (χ1n) is 6.91. The maximum absolute atomic E-state index is 12.0. The summed E-state index contributed by atoms with van der Waals surface area (Å²) in [6, 6.07) is 8.35. The van der Waals surface area contributed by atoms with Crippen LogP contribution in [0.25, 0.3) is 10.9 Å². The molecular weight excluding hydrogens is 238 g/mol. The molecule has 3 rings (SSSR count). The monoisotopic (exact) mass is 257 g/mol. The van der Waals surface area contributed by atoms with Gasteiger partial charge >= 0.3 is 6.03 Å². The third kappa shape index (κ3) is 2.18. The number of hydrogen-bond acceptors (Lipinski definition) is 1. The number of benzene rings is 1. The predicted molar refractivity (Wildman–Crippen MR) is 76.1 cm³/mol. The molecular formula is C15H19N3O. The highest BCUT2D eigenvalue weighted by molar-refractivity contribution is 5.85. The van der Waals surface area contributed by atoms with Crippen LogP contribution in [0, 0.1) is 0 Å². The third-order valence-corrected chi connectivity index (χ3v) is 3.70. The molecule has 1 aliphatic rings. The van der Waals surface area contributed by atoms with Gasteiger partial charge in [-0.2, -0.15) is 0 Å². The van der Waals surface area contributed by atoms with Crippen molar-refractivity contribution in [2.45, 2.75) is 26.3 Å². The van der Waals surface area contributed by atoms with Gasteiger partial charge in [0.1, 0.15) is 0 Å². The van der Waals surface area contributed by atoms with Crippen LogP contribution in [-0.4, -0.2) is 29.0 Å². The Labute approximate surface area is 112 Å². The number of amides is 2. The highest BCUT2D eigenvalue weighted by Gasteiger charge is 2.23. The Kier molecular flexibility index (Phi) is 3.15. The first-order valence-corrected chi connectivity index (χ1v) is 6.91. The van der Waals surface area contributed by atoms with Crippen LogP contribution in [0.1, 0.15) is 24.6 Å². The van der Waals surface area contributed by atoms with Gasteiger partial charge < -0.3 is 15.2 Å². The van der Waals surface area contributed by atoms with Gasteiger partial charge in [-0.05, 0) is 12.5 Å². The fraction of sp³-hybridized carbons (Fsp3) is 0.400. The largest absolute Gasteiger partial charge is 0.358 e. The second-order valence-corrected chi connectivity index (χ2v) is 5.03. The number of H-pyrrole nitrogens is 1. The number of nitrogens with one attached hydrogen (secondary N) is 2. The van der Waals surface area contributed by atoms with Crippen molar-refractivity contribution in [2.24, 2.45) is 0 Å². The number of hydrogen-bond donors (Lipinski definition) is 2. The van der Waals surface area contributed by atoms with Gasteiger partial charge in [0.25, 0.3) is 0 Å². The minimum atomic E-state index is 0.0535. The Morgan fingerprint density at radius 1 is 1.42 bits per heavy atom. The summed E-state index contributed by atoms with van der Waals surface area (Å²) in [6.07, 6.45) is 1.88. The van der Waals surface area contributed by atoms with Gasteiger partial charge in [0.05, 0.1) is 0 Å². The van der Waals surface area contributed by atoms with Crippen molar-refractivity contribution in [2.75, 3.05) is 13.1 Å². The maximum Gasteiger partial charge on any atom is 0.317 e. The zero-order valence-electron chi connectivity index (χ0n) is 11.2. The highest BCUT2D eigenvalue weighted by atomic mass is 16.2. The molecule has 2 amide bonds. The van der Waals surface area contributed by atoms with E-state index in [-0.39, 0.29) is 6.03 Å². The molecule has 2 heterocycles. The standard InChI is InChI=1S/C15H19N3O/c1-2-8-16-15(19)18-9-7-14-12(10-18)11-5-3-4-6-13(11)17-14/h3-6,17H,2,7-10H2,1H3,(H,16,19). The smallest absolute Gasteiger partial charge is 0.317 e. The van der Waals surface area contributed by atoms with Gasteiger partial charge in [-0.15, -0.1) is 0 Å². The normalized spacial score (nSPS) is 14.5. The quantitative estimate of drug-likeness (QED) is 0.853. The highest BCUT2D eigenvalue weighted by Crippen LogP contribution is 2.27. The van der Waals surface area contributed by atoms with Crippen LogP contribution in [-0.2, 0) is 13.0 Å². The van der Waals surface area contributed by atoms with E-state index < -0.39 is 0 Å². The van der Waals surface area contributed by atoms with E-state index in [0.717, 1.165) is 25.9 Å². The number of aromatic amines is 1. The SMILES string of the molecule is CCCNC(=O)N1CCc2[nH]c3ccccc3c2C1. The second kappa shape index (κ2) is 4.96. The summed E-state index contributed by atoms with van der Waals surface area (Å²) in [5.74, 6) is 0. The topological polar surface area (TPSA) is 48.1 Å². The number of para-hydroxylation sites is 1. The Morgan fingerprint density at radius 3 is 3.11 bits per heavy atom. The van der Waals surface area contributed by atoms with Crippen molar-refractivity contribution in [1.82, 2.24) is 15.2 Å². The van der Waals surface area contributed by atoms with Crippen LogP contribution in [0.15, 0.2) is 24.3 Å². The van der Waals surface area contributed by atoms with Gasteiger partial charge in [-0.25, -0.2) is 4.79 Å². The zero-order valence-corrected chi connectivity index (χ0v) is 11.2. The summed E-state index contributed by atoms with van der Waals surface area (Å²) in [4.78, 5) is 17.4. The Hall–Kier alpha value is -1.97. The van der Waals surface area contributed by atoms with E-state index in [2.05, 4.69) is 29.4 Å². The van der Waals surface area contributed by atoms with Crippen LogP contribution in [0.4, 0.5) is 4.79 Å². The van der Waals surface area contributed by atoms with E-state index in [1.54, 1.807) is 0 Å². The molecule has 2 aromatic rings. The lowest BCUT2D eigenvalue weighted by molar-refractivity contribution is 0.192. The molecule has 0 bridgehead atoms. The molecule has 4 nitrogen and oxygen atoms in total. The molecule has 19 heavy (non-hydrogen) atoms. The van der Waals surface area contributed by atoms with Crippen molar-refractivity contribution in [3.8, 4) is 0 Å². The predicted octanol–water partition coefficient (Wildman–Crippen LogP) is 2.65. The number of nitrogens with zero attached hydrogens (tertiary/aromatic N) is 1. The summed E-state index contributed by atoms with van der Waals surface area (Å²) in [7, 11) is 0. The van der Waals surface area contributed by atoms with Crippen LogP contribution in [0.5, 0.6) is 0 Å². The summed E-state index contributed by atoms with van der Waals surface area (Å²) < 4.78 is 0. The average Bonchev–Trinajstić information content (AvgIpc) is 2.82. The molecule has 4 heteroatoms. The van der Waals surface area contributed by atoms with Crippen molar-refractivity contribution in [3.63, 3.8) is 0 Å². The number of aromatic nitrogens is 1.